The largest absolute Gasteiger partial charge is 0.376 e. The Balaban J connectivity index is 2.08. The molecule has 2 heterocycles. The van der Waals surface area contributed by atoms with Gasteiger partial charge in [-0.25, -0.2) is 9.97 Å². The van der Waals surface area contributed by atoms with Gasteiger partial charge in [0.05, 0.1) is 11.9 Å². The van der Waals surface area contributed by atoms with Crippen LogP contribution in [0, 0.1) is 10.1 Å². The van der Waals surface area contributed by atoms with Crippen LogP contribution in [0.3, 0.4) is 0 Å². The van der Waals surface area contributed by atoms with Crippen molar-refractivity contribution < 1.29 is 9.72 Å². The number of aromatic amines is 1. The highest BCUT2D eigenvalue weighted by Crippen LogP contribution is 2.14. The monoisotopic (exact) mass is 275 g/mol. The lowest BCUT2D eigenvalue weighted by molar-refractivity contribution is -0.389. The first-order valence-corrected chi connectivity index (χ1v) is 5.75. The molecule has 0 unspecified atom stereocenters. The Labute approximate surface area is 114 Å². The first-order valence-electron chi connectivity index (χ1n) is 5.75. The van der Waals surface area contributed by atoms with Gasteiger partial charge in [-0.05, 0) is 23.1 Å². The zero-order valence-electron chi connectivity index (χ0n) is 11.0. The smallest absolute Gasteiger partial charge is 0.321 e. The van der Waals surface area contributed by atoms with Gasteiger partial charge in [-0.1, -0.05) is 0 Å². The summed E-state index contributed by atoms with van der Waals surface area (Å²) in [6, 6.07) is 6.05. The van der Waals surface area contributed by atoms with Crippen LogP contribution in [0.1, 0.15) is 10.5 Å². The molecule has 0 saturated carbocycles. The highest BCUT2D eigenvalue weighted by molar-refractivity contribution is 6.02. The highest BCUT2D eigenvalue weighted by Gasteiger charge is 2.15. The van der Waals surface area contributed by atoms with Gasteiger partial charge in [0.1, 0.15) is 5.82 Å². The quantitative estimate of drug-likeness (QED) is 0.652. The minimum absolute atomic E-state index is 0.107. The summed E-state index contributed by atoms with van der Waals surface area (Å²) in [4.78, 5) is 30.2. The van der Waals surface area contributed by atoms with Gasteiger partial charge in [0, 0.05) is 20.2 Å². The standard InChI is InChI=1S/C12H13N5O3/c1-16(2)8-3-5-10(13-7-8)15-12(18)9-4-6-11(14-9)17(19)20/h3-7,14H,1-2H3,(H,13,15,18). The zero-order chi connectivity index (χ0) is 14.7. The Hall–Kier alpha value is -2.90. The van der Waals surface area contributed by atoms with E-state index in [1.165, 1.54) is 12.1 Å². The van der Waals surface area contributed by atoms with E-state index in [0.29, 0.717) is 5.82 Å². The molecule has 2 aromatic rings. The molecule has 0 saturated heterocycles. The van der Waals surface area contributed by atoms with Gasteiger partial charge in [0.25, 0.3) is 5.91 Å². The predicted molar refractivity (Wildman–Crippen MR) is 74.0 cm³/mol. The zero-order valence-corrected chi connectivity index (χ0v) is 11.0. The lowest BCUT2D eigenvalue weighted by Gasteiger charge is -2.11. The van der Waals surface area contributed by atoms with Gasteiger partial charge < -0.3 is 20.3 Å². The lowest BCUT2D eigenvalue weighted by atomic mass is 10.3. The van der Waals surface area contributed by atoms with Crippen molar-refractivity contribution in [2.45, 2.75) is 0 Å². The van der Waals surface area contributed by atoms with Crippen LogP contribution in [0.5, 0.6) is 0 Å². The average Bonchev–Trinajstić information content (AvgIpc) is 2.89. The molecule has 1 amide bonds. The van der Waals surface area contributed by atoms with E-state index in [0.717, 1.165) is 5.69 Å². The van der Waals surface area contributed by atoms with Crippen LogP contribution in [0.15, 0.2) is 30.5 Å². The summed E-state index contributed by atoms with van der Waals surface area (Å²) >= 11 is 0. The van der Waals surface area contributed by atoms with Gasteiger partial charge in [-0.2, -0.15) is 0 Å². The minimum Gasteiger partial charge on any atom is -0.376 e. The molecule has 8 heteroatoms. The van der Waals surface area contributed by atoms with Crippen molar-refractivity contribution in [1.29, 1.82) is 0 Å². The molecular formula is C12H13N5O3. The fraction of sp³-hybridized carbons (Fsp3) is 0.167. The van der Waals surface area contributed by atoms with Crippen LogP contribution in [0.4, 0.5) is 17.3 Å². The molecule has 0 aliphatic rings. The van der Waals surface area contributed by atoms with Crippen molar-refractivity contribution in [3.8, 4) is 0 Å². The summed E-state index contributed by atoms with van der Waals surface area (Å²) in [7, 11) is 3.76. The van der Waals surface area contributed by atoms with Crippen molar-refractivity contribution in [2.75, 3.05) is 24.3 Å². The van der Waals surface area contributed by atoms with E-state index in [-0.39, 0.29) is 11.5 Å². The summed E-state index contributed by atoms with van der Waals surface area (Å²) in [5, 5.41) is 13.1. The van der Waals surface area contributed by atoms with Crippen LogP contribution in [-0.4, -0.2) is 34.9 Å². The Morgan fingerprint density at radius 3 is 2.60 bits per heavy atom. The van der Waals surface area contributed by atoms with Crippen molar-refractivity contribution >= 4 is 23.2 Å². The summed E-state index contributed by atoms with van der Waals surface area (Å²) in [6.07, 6.45) is 1.62. The molecule has 0 spiro atoms. The predicted octanol–water partition coefficient (Wildman–Crippen LogP) is 1.64. The first kappa shape index (κ1) is 13.5. The molecule has 20 heavy (non-hydrogen) atoms. The molecule has 2 aromatic heterocycles. The van der Waals surface area contributed by atoms with E-state index in [1.807, 2.05) is 19.0 Å². The first-order chi connectivity index (χ1) is 9.47. The highest BCUT2D eigenvalue weighted by atomic mass is 16.6. The SMILES string of the molecule is CN(C)c1ccc(NC(=O)c2ccc([N+](=O)[O-])[nH]2)nc1. The molecule has 2 N–H and O–H groups in total. The van der Waals surface area contributed by atoms with E-state index >= 15 is 0 Å². The third-order valence-electron chi connectivity index (χ3n) is 2.62. The fourth-order valence-electron chi connectivity index (χ4n) is 1.53. The molecule has 104 valence electrons. The maximum absolute atomic E-state index is 11.9. The number of anilines is 2. The molecular weight excluding hydrogens is 262 g/mol. The Morgan fingerprint density at radius 2 is 2.10 bits per heavy atom. The summed E-state index contributed by atoms with van der Waals surface area (Å²) in [5.74, 6) is -0.341. The number of amides is 1. The number of nitrogens with one attached hydrogen (secondary N) is 2. The molecule has 0 aliphatic heterocycles. The van der Waals surface area contributed by atoms with E-state index in [4.69, 9.17) is 0 Å². The molecule has 2 rings (SSSR count). The van der Waals surface area contributed by atoms with Crippen molar-refractivity contribution in [2.24, 2.45) is 0 Å². The molecule has 8 nitrogen and oxygen atoms in total. The van der Waals surface area contributed by atoms with E-state index in [2.05, 4.69) is 15.3 Å². The van der Waals surface area contributed by atoms with Crippen LogP contribution >= 0.6 is 0 Å². The topological polar surface area (TPSA) is 104 Å². The second kappa shape index (κ2) is 5.39. The van der Waals surface area contributed by atoms with Crippen LogP contribution in [0.25, 0.3) is 0 Å². The number of rotatable bonds is 4. The summed E-state index contributed by atoms with van der Waals surface area (Å²) in [5.41, 5.74) is 1.01. The number of H-pyrrole nitrogens is 1. The molecule has 0 aromatic carbocycles. The van der Waals surface area contributed by atoms with Crippen LogP contribution < -0.4 is 10.2 Å². The van der Waals surface area contributed by atoms with Gasteiger partial charge in [-0.15, -0.1) is 0 Å². The van der Waals surface area contributed by atoms with E-state index < -0.39 is 10.8 Å². The number of pyridine rings is 1. The normalized spacial score (nSPS) is 10.1. The van der Waals surface area contributed by atoms with Crippen molar-refractivity contribution in [3.05, 3.63) is 46.3 Å². The lowest BCUT2D eigenvalue weighted by Crippen LogP contribution is -2.14. The summed E-state index contributed by atoms with van der Waals surface area (Å²) < 4.78 is 0. The Morgan fingerprint density at radius 1 is 1.35 bits per heavy atom. The number of carbonyl (C=O) groups excluding carboxylic acids is 1. The Kier molecular flexibility index (Phi) is 3.65. The number of nitro groups is 1. The number of aromatic nitrogens is 2. The van der Waals surface area contributed by atoms with Gasteiger partial charge in [0.2, 0.25) is 0 Å². The van der Waals surface area contributed by atoms with Crippen molar-refractivity contribution in [3.63, 3.8) is 0 Å². The third kappa shape index (κ3) is 2.91. The third-order valence-corrected chi connectivity index (χ3v) is 2.62. The van der Waals surface area contributed by atoms with Gasteiger partial charge >= 0.3 is 5.82 Å². The second-order valence-corrected chi connectivity index (χ2v) is 4.26. The average molecular weight is 275 g/mol. The molecule has 0 radical (unpaired) electrons. The number of nitrogens with zero attached hydrogens (tertiary/aromatic N) is 3. The number of hydrogen-bond acceptors (Lipinski definition) is 5. The minimum atomic E-state index is -0.596. The van der Waals surface area contributed by atoms with Gasteiger partial charge in [0.15, 0.2) is 5.69 Å². The molecule has 0 fully saturated rings. The van der Waals surface area contributed by atoms with Crippen molar-refractivity contribution in [1.82, 2.24) is 9.97 Å². The molecule has 0 atom stereocenters. The Bertz CT molecular complexity index is 633. The molecule has 0 bridgehead atoms. The van der Waals surface area contributed by atoms with Crippen LogP contribution in [0.2, 0.25) is 0 Å². The number of hydrogen-bond donors (Lipinski definition) is 2. The van der Waals surface area contributed by atoms with E-state index in [1.54, 1.807) is 18.3 Å². The maximum Gasteiger partial charge on any atom is 0.321 e. The van der Waals surface area contributed by atoms with Crippen LogP contribution in [-0.2, 0) is 0 Å². The second-order valence-electron chi connectivity index (χ2n) is 4.26. The number of carbonyl (C=O) groups is 1. The fourth-order valence-corrected chi connectivity index (χ4v) is 1.53. The van der Waals surface area contributed by atoms with Gasteiger partial charge in [-0.3, -0.25) is 4.79 Å². The van der Waals surface area contributed by atoms with E-state index in [9.17, 15) is 14.9 Å². The summed E-state index contributed by atoms with van der Waals surface area (Å²) in [6.45, 7) is 0. The molecule has 0 aliphatic carbocycles. The maximum atomic E-state index is 11.9.